The molecule has 39 heavy (non-hydrogen) atoms. The fourth-order valence-corrected chi connectivity index (χ4v) is 4.70. The van der Waals surface area contributed by atoms with E-state index in [2.05, 4.69) is 18.7 Å². The molecule has 0 aliphatic carbocycles. The number of unbranched alkanes of at least 4 members (excludes halogenated alkanes) is 2. The third-order valence-electron chi connectivity index (χ3n) is 6.84. The Balaban J connectivity index is 1.96. The number of aliphatic hydroxyl groups is 1. The smallest absolute Gasteiger partial charge is 0.295 e. The molecule has 1 heterocycles. The van der Waals surface area contributed by atoms with Crippen LogP contribution in [0.15, 0.2) is 54.1 Å². The summed E-state index contributed by atoms with van der Waals surface area (Å²) in [6.45, 7) is 7.14. The van der Waals surface area contributed by atoms with Gasteiger partial charge in [0.15, 0.2) is 0 Å². The van der Waals surface area contributed by atoms with Crippen molar-refractivity contribution in [2.24, 2.45) is 0 Å². The lowest BCUT2D eigenvalue weighted by atomic mass is 9.95. The zero-order valence-corrected chi connectivity index (χ0v) is 22.2. The maximum absolute atomic E-state index is 13.2. The highest BCUT2D eigenvalue weighted by Crippen LogP contribution is 2.40. The van der Waals surface area contributed by atoms with Crippen molar-refractivity contribution in [1.82, 2.24) is 9.80 Å². The Morgan fingerprint density at radius 3 is 1.82 bits per heavy atom. The molecule has 0 saturated carbocycles. The average molecular weight is 539 g/mol. The Kier molecular flexibility index (Phi) is 10.3. The average Bonchev–Trinajstić information content (AvgIpc) is 3.18. The standard InChI is InChI=1S/C28H34N4O7/c1-3-5-16-29(17-6-4-2)18-7-19-30-25(20-8-12-22(13-9-20)31(36)37)24(27(34)28(30)35)26(33)21-10-14-23(15-11-21)32(38)39/h8-15,25,33H,3-7,16-19H2,1-2H3/b26-24-. The van der Waals surface area contributed by atoms with Gasteiger partial charge in [-0.05, 0) is 68.7 Å². The fourth-order valence-electron chi connectivity index (χ4n) is 4.70. The van der Waals surface area contributed by atoms with Crippen molar-refractivity contribution in [3.05, 3.63) is 85.5 Å². The predicted octanol–water partition coefficient (Wildman–Crippen LogP) is 5.22. The van der Waals surface area contributed by atoms with Crippen LogP contribution in [0, 0.1) is 20.2 Å². The number of amides is 1. The minimum Gasteiger partial charge on any atom is -0.507 e. The molecule has 11 heteroatoms. The van der Waals surface area contributed by atoms with E-state index in [1.54, 1.807) is 0 Å². The number of likely N-dealkylation sites (tertiary alicyclic amines) is 1. The van der Waals surface area contributed by atoms with Crippen LogP contribution in [0.25, 0.3) is 5.76 Å². The van der Waals surface area contributed by atoms with Gasteiger partial charge < -0.3 is 14.9 Å². The highest BCUT2D eigenvalue weighted by atomic mass is 16.6. The highest BCUT2D eigenvalue weighted by molar-refractivity contribution is 6.46. The van der Waals surface area contributed by atoms with Gasteiger partial charge in [-0.3, -0.25) is 29.8 Å². The normalized spacial score (nSPS) is 16.7. The summed E-state index contributed by atoms with van der Waals surface area (Å²) in [5, 5.41) is 33.3. The van der Waals surface area contributed by atoms with Crippen LogP contribution in [-0.4, -0.2) is 62.6 Å². The van der Waals surface area contributed by atoms with E-state index in [1.165, 1.54) is 53.4 Å². The summed E-state index contributed by atoms with van der Waals surface area (Å²) in [5.41, 5.74) is 0.104. The molecule has 1 amide bonds. The maximum atomic E-state index is 13.2. The van der Waals surface area contributed by atoms with Crippen LogP contribution < -0.4 is 0 Å². The molecule has 1 saturated heterocycles. The first-order valence-electron chi connectivity index (χ1n) is 13.2. The summed E-state index contributed by atoms with van der Waals surface area (Å²) in [4.78, 5) is 51.2. The minimum absolute atomic E-state index is 0.145. The van der Waals surface area contributed by atoms with E-state index in [1.807, 2.05) is 0 Å². The molecule has 1 aliphatic rings. The number of aliphatic hydroxyl groups excluding tert-OH is 1. The molecule has 0 bridgehead atoms. The number of nitrogens with zero attached hydrogens (tertiary/aromatic N) is 4. The van der Waals surface area contributed by atoms with Crippen LogP contribution in [0.3, 0.4) is 0 Å². The summed E-state index contributed by atoms with van der Waals surface area (Å²) < 4.78 is 0. The number of carbonyl (C=O) groups is 2. The zero-order valence-electron chi connectivity index (χ0n) is 22.2. The zero-order chi connectivity index (χ0) is 28.5. The second-order valence-electron chi connectivity index (χ2n) is 9.55. The number of carbonyl (C=O) groups excluding carboxylic acids is 2. The van der Waals surface area contributed by atoms with Crippen LogP contribution in [0.5, 0.6) is 0 Å². The van der Waals surface area contributed by atoms with Crippen LogP contribution in [0.4, 0.5) is 11.4 Å². The molecule has 2 aromatic carbocycles. The number of Topliss-reactive ketones (excluding diaryl/α,β-unsaturated/α-hetero) is 1. The first-order chi connectivity index (χ1) is 18.7. The number of nitro groups is 2. The number of nitro benzene ring substituents is 2. The van der Waals surface area contributed by atoms with Gasteiger partial charge >= 0.3 is 0 Å². The highest BCUT2D eigenvalue weighted by Gasteiger charge is 2.46. The fraction of sp³-hybridized carbons (Fsp3) is 0.429. The summed E-state index contributed by atoms with van der Waals surface area (Å²) in [7, 11) is 0. The third-order valence-corrected chi connectivity index (χ3v) is 6.84. The Labute approximate surface area is 227 Å². The van der Waals surface area contributed by atoms with Gasteiger partial charge in [0.05, 0.1) is 21.5 Å². The second-order valence-corrected chi connectivity index (χ2v) is 9.55. The topological polar surface area (TPSA) is 147 Å². The molecule has 1 N–H and O–H groups in total. The quantitative estimate of drug-likeness (QED) is 0.113. The van der Waals surface area contributed by atoms with Crippen LogP contribution in [-0.2, 0) is 9.59 Å². The molecule has 11 nitrogen and oxygen atoms in total. The van der Waals surface area contributed by atoms with Gasteiger partial charge in [0.2, 0.25) is 0 Å². The van der Waals surface area contributed by atoms with E-state index in [0.717, 1.165) is 45.3 Å². The monoisotopic (exact) mass is 538 g/mol. The van der Waals surface area contributed by atoms with E-state index >= 15 is 0 Å². The molecule has 1 fully saturated rings. The van der Waals surface area contributed by atoms with E-state index in [0.29, 0.717) is 12.0 Å². The molecular formula is C28H34N4O7. The molecule has 0 aromatic heterocycles. The van der Waals surface area contributed by atoms with Gasteiger partial charge in [0.25, 0.3) is 23.1 Å². The first-order valence-corrected chi connectivity index (χ1v) is 13.2. The van der Waals surface area contributed by atoms with Crippen molar-refractivity contribution in [1.29, 1.82) is 0 Å². The van der Waals surface area contributed by atoms with Gasteiger partial charge in [0, 0.05) is 36.4 Å². The predicted molar refractivity (Wildman–Crippen MR) is 146 cm³/mol. The van der Waals surface area contributed by atoms with E-state index < -0.39 is 33.3 Å². The van der Waals surface area contributed by atoms with E-state index in [-0.39, 0.29) is 29.1 Å². The van der Waals surface area contributed by atoms with Crippen molar-refractivity contribution in [3.8, 4) is 0 Å². The number of hydrogen-bond acceptors (Lipinski definition) is 8. The van der Waals surface area contributed by atoms with E-state index in [9.17, 15) is 34.9 Å². The Morgan fingerprint density at radius 1 is 0.846 bits per heavy atom. The Hall–Kier alpha value is -4.12. The molecular weight excluding hydrogens is 504 g/mol. The largest absolute Gasteiger partial charge is 0.507 e. The van der Waals surface area contributed by atoms with Crippen molar-refractivity contribution in [2.75, 3.05) is 26.2 Å². The summed E-state index contributed by atoms with van der Waals surface area (Å²) in [5.74, 6) is -2.10. The van der Waals surface area contributed by atoms with Crippen LogP contribution in [0.1, 0.15) is 63.1 Å². The summed E-state index contributed by atoms with van der Waals surface area (Å²) in [6.07, 6.45) is 4.86. The minimum atomic E-state index is -0.958. The number of rotatable bonds is 14. The maximum Gasteiger partial charge on any atom is 0.295 e. The SMILES string of the molecule is CCCCN(CCCC)CCCN1C(=O)C(=O)/C(=C(\O)c2ccc([N+](=O)[O-])cc2)C1c1ccc([N+](=O)[O-])cc1. The number of hydrogen-bond donors (Lipinski definition) is 1. The molecule has 208 valence electrons. The Bertz CT molecular complexity index is 1220. The summed E-state index contributed by atoms with van der Waals surface area (Å²) in [6, 6.07) is 9.59. The molecule has 1 aliphatic heterocycles. The molecule has 1 atom stereocenters. The number of benzene rings is 2. The van der Waals surface area contributed by atoms with Crippen LogP contribution >= 0.6 is 0 Å². The Morgan fingerprint density at radius 2 is 1.33 bits per heavy atom. The number of ketones is 1. The van der Waals surface area contributed by atoms with E-state index in [4.69, 9.17) is 0 Å². The van der Waals surface area contributed by atoms with Gasteiger partial charge in [-0.15, -0.1) is 0 Å². The molecule has 2 aromatic rings. The van der Waals surface area contributed by atoms with Gasteiger partial charge in [0.1, 0.15) is 5.76 Å². The lowest BCUT2D eigenvalue weighted by Crippen LogP contribution is -2.34. The summed E-state index contributed by atoms with van der Waals surface area (Å²) >= 11 is 0. The van der Waals surface area contributed by atoms with Gasteiger partial charge in [-0.1, -0.05) is 26.7 Å². The van der Waals surface area contributed by atoms with Crippen molar-refractivity contribution >= 4 is 28.8 Å². The lowest BCUT2D eigenvalue weighted by Gasteiger charge is -2.27. The van der Waals surface area contributed by atoms with Gasteiger partial charge in [-0.25, -0.2) is 0 Å². The molecule has 3 rings (SSSR count). The van der Waals surface area contributed by atoms with Crippen LogP contribution in [0.2, 0.25) is 0 Å². The third kappa shape index (κ3) is 7.05. The molecule has 1 unspecified atom stereocenters. The number of non-ortho nitro benzene ring substituents is 2. The van der Waals surface area contributed by atoms with Crippen molar-refractivity contribution in [3.63, 3.8) is 0 Å². The van der Waals surface area contributed by atoms with Crippen molar-refractivity contribution < 1.29 is 24.5 Å². The molecule has 0 radical (unpaired) electrons. The molecule has 0 spiro atoms. The van der Waals surface area contributed by atoms with Gasteiger partial charge in [-0.2, -0.15) is 0 Å². The first kappa shape index (κ1) is 29.4. The second kappa shape index (κ2) is 13.6. The van der Waals surface area contributed by atoms with Crippen molar-refractivity contribution in [2.45, 2.75) is 52.0 Å². The lowest BCUT2D eigenvalue weighted by molar-refractivity contribution is -0.385.